The van der Waals surface area contributed by atoms with Gasteiger partial charge in [-0.1, -0.05) is 39.3 Å². The fraction of sp³-hybridized carbons (Fsp3) is 0.429. The largest absolute Gasteiger partial charge is 0.519 e. The van der Waals surface area contributed by atoms with E-state index in [2.05, 4.69) is 27.0 Å². The Kier molecular flexibility index (Phi) is 16.6. The minimum Gasteiger partial charge on any atom is -0.459 e. The summed E-state index contributed by atoms with van der Waals surface area (Å²) in [6, 6.07) is 4.28. The Bertz CT molecular complexity index is 1670. The van der Waals surface area contributed by atoms with Crippen molar-refractivity contribution < 1.29 is 41.1 Å². The molecule has 0 bridgehead atoms. The normalized spacial score (nSPS) is 13.1. The Morgan fingerprint density at radius 3 is 2.35 bits per heavy atom. The molecule has 51 heavy (non-hydrogen) atoms. The highest BCUT2D eigenvalue weighted by molar-refractivity contribution is 6.04. The SMILES string of the molecule is C=NC(=NC(/C=C/C(=C\C=C\N)C(=O)NCC(C)(C)CN(CCCC)C(=O)OCc1oc(=O)oc1C)=NCC)OCc1ccc(C(F)(F)F)cc1. The van der Waals surface area contributed by atoms with Gasteiger partial charge in [0, 0.05) is 31.8 Å². The first-order chi connectivity index (χ1) is 24.1. The van der Waals surface area contributed by atoms with Crippen LogP contribution in [0.5, 0.6) is 0 Å². The van der Waals surface area contributed by atoms with Gasteiger partial charge in [-0.3, -0.25) is 9.79 Å². The molecule has 278 valence electrons. The number of carbonyl (C=O) groups is 2. The number of rotatable bonds is 16. The molecule has 0 aliphatic rings. The molecule has 2 amide bonds. The van der Waals surface area contributed by atoms with Crippen molar-refractivity contribution in [3.8, 4) is 0 Å². The molecule has 2 aromatic rings. The van der Waals surface area contributed by atoms with Crippen LogP contribution in [0.4, 0.5) is 18.0 Å². The van der Waals surface area contributed by atoms with E-state index < -0.39 is 35.0 Å². The van der Waals surface area contributed by atoms with Gasteiger partial charge in [0.1, 0.15) is 6.61 Å². The predicted molar refractivity (Wildman–Crippen MR) is 187 cm³/mol. The number of amidine groups is 2. The van der Waals surface area contributed by atoms with Gasteiger partial charge in [0.05, 0.1) is 5.56 Å². The number of nitrogens with two attached hydrogens (primary N) is 1. The molecule has 0 aliphatic carbocycles. The highest BCUT2D eigenvalue weighted by Crippen LogP contribution is 2.29. The fourth-order valence-electron chi connectivity index (χ4n) is 4.27. The maximum atomic E-state index is 13.3. The van der Waals surface area contributed by atoms with Crippen LogP contribution < -0.4 is 16.9 Å². The number of nitrogens with one attached hydrogen (secondary N) is 1. The lowest BCUT2D eigenvalue weighted by Crippen LogP contribution is -2.45. The first kappa shape index (κ1) is 41.8. The molecule has 0 unspecified atom stereocenters. The number of allylic oxidation sites excluding steroid dienone is 2. The number of aliphatic imine (C=N–C) groups is 3. The van der Waals surface area contributed by atoms with Crippen LogP contribution in [0.25, 0.3) is 0 Å². The van der Waals surface area contributed by atoms with Gasteiger partial charge in [-0.15, -0.1) is 0 Å². The third-order valence-electron chi connectivity index (χ3n) is 6.92. The molecule has 3 N–H and O–H groups in total. The second kappa shape index (κ2) is 20.3. The number of benzene rings is 1. The van der Waals surface area contributed by atoms with E-state index in [-0.39, 0.29) is 55.3 Å². The molecule has 0 aliphatic heterocycles. The first-order valence-corrected chi connectivity index (χ1v) is 16.1. The number of hydrogen-bond acceptors (Lipinski definition) is 9. The highest BCUT2D eigenvalue weighted by Gasteiger charge is 2.30. The predicted octanol–water partition coefficient (Wildman–Crippen LogP) is 6.09. The number of nitrogens with zero attached hydrogens (tertiary/aromatic N) is 4. The number of halogens is 3. The maximum absolute atomic E-state index is 13.3. The lowest BCUT2D eigenvalue weighted by Gasteiger charge is -2.32. The third kappa shape index (κ3) is 14.9. The lowest BCUT2D eigenvalue weighted by atomic mass is 9.92. The van der Waals surface area contributed by atoms with Crippen molar-refractivity contribution in [3.05, 3.63) is 93.6 Å². The topological polar surface area (TPSA) is 174 Å². The van der Waals surface area contributed by atoms with E-state index in [9.17, 15) is 27.6 Å². The second-order valence-corrected chi connectivity index (χ2v) is 11.8. The minimum atomic E-state index is -4.46. The van der Waals surface area contributed by atoms with Crippen LogP contribution in [0.3, 0.4) is 0 Å². The van der Waals surface area contributed by atoms with Crippen molar-refractivity contribution in [2.75, 3.05) is 26.2 Å². The van der Waals surface area contributed by atoms with Gasteiger partial charge >= 0.3 is 24.1 Å². The summed E-state index contributed by atoms with van der Waals surface area (Å²) in [5, 5.41) is 2.89. The van der Waals surface area contributed by atoms with E-state index in [0.717, 1.165) is 18.6 Å². The van der Waals surface area contributed by atoms with Crippen LogP contribution >= 0.6 is 0 Å². The summed E-state index contributed by atoms with van der Waals surface area (Å²) in [4.78, 5) is 51.4. The number of alkyl halides is 3. The summed E-state index contributed by atoms with van der Waals surface area (Å²) in [5.41, 5.74) is 4.78. The molecule has 2 rings (SSSR count). The van der Waals surface area contributed by atoms with Gasteiger partial charge < -0.3 is 34.3 Å². The lowest BCUT2D eigenvalue weighted by molar-refractivity contribution is -0.137. The number of ether oxygens (including phenoxy) is 2. The highest BCUT2D eigenvalue weighted by atomic mass is 19.4. The Hall–Kier alpha value is -5.41. The Morgan fingerprint density at radius 2 is 1.78 bits per heavy atom. The van der Waals surface area contributed by atoms with E-state index in [1.165, 1.54) is 54.5 Å². The third-order valence-corrected chi connectivity index (χ3v) is 6.92. The smallest absolute Gasteiger partial charge is 0.459 e. The van der Waals surface area contributed by atoms with Crippen LogP contribution in [-0.2, 0) is 33.7 Å². The second-order valence-electron chi connectivity index (χ2n) is 11.8. The van der Waals surface area contributed by atoms with Gasteiger partial charge in [0.2, 0.25) is 0 Å². The summed E-state index contributed by atoms with van der Waals surface area (Å²) in [7, 11) is 0. The average molecular weight is 719 g/mol. The Morgan fingerprint density at radius 1 is 1.08 bits per heavy atom. The molecular weight excluding hydrogens is 673 g/mol. The van der Waals surface area contributed by atoms with Crippen molar-refractivity contribution in [2.24, 2.45) is 26.1 Å². The molecule has 0 atom stereocenters. The van der Waals surface area contributed by atoms with Crippen molar-refractivity contribution in [3.63, 3.8) is 0 Å². The standard InChI is InChI=1S/C35H45F3N6O7/c1-7-9-19-44(32(46)49-21-28-24(3)50-33(47)51-28)23-34(4,5)22-42-30(45)26(11-10-18-39)14-17-29(41-8-2)43-31(40-6)48-20-25-12-15-27(16-13-25)35(36,37)38/h10-18H,6-9,19-23,39H2,1-5H3,(H,42,45)/b17-14+,18-10+,26-11+,41-29?,43-31?. The first-order valence-electron chi connectivity index (χ1n) is 16.1. The van der Waals surface area contributed by atoms with Gasteiger partial charge in [0.15, 0.2) is 24.0 Å². The monoisotopic (exact) mass is 718 g/mol. The molecule has 1 heterocycles. The van der Waals surface area contributed by atoms with E-state index in [0.29, 0.717) is 25.1 Å². The van der Waals surface area contributed by atoms with E-state index in [1.54, 1.807) is 6.92 Å². The zero-order chi connectivity index (χ0) is 38.0. The van der Waals surface area contributed by atoms with E-state index in [4.69, 9.17) is 24.0 Å². The summed E-state index contributed by atoms with van der Waals surface area (Å²) in [5.74, 6) is -0.854. The molecule has 0 spiro atoms. The Labute approximate surface area is 294 Å². The molecule has 0 saturated heterocycles. The number of carbonyl (C=O) groups excluding carboxylic acids is 2. The molecule has 1 aromatic heterocycles. The molecule has 13 nitrogen and oxygen atoms in total. The van der Waals surface area contributed by atoms with Gasteiger partial charge in [-0.25, -0.2) is 14.6 Å². The average Bonchev–Trinajstić information content (AvgIpc) is 3.41. The number of hydrogen-bond donors (Lipinski definition) is 2. The van der Waals surface area contributed by atoms with Crippen molar-refractivity contribution in [1.29, 1.82) is 0 Å². The van der Waals surface area contributed by atoms with Crippen LogP contribution in [-0.4, -0.2) is 61.7 Å². The molecular formula is C35H45F3N6O7. The zero-order valence-electron chi connectivity index (χ0n) is 29.4. The fourth-order valence-corrected chi connectivity index (χ4v) is 4.27. The van der Waals surface area contributed by atoms with Crippen LogP contribution in [0, 0.1) is 12.3 Å². The van der Waals surface area contributed by atoms with Crippen molar-refractivity contribution in [2.45, 2.75) is 66.9 Å². The Balaban J connectivity index is 2.12. The van der Waals surface area contributed by atoms with Crippen molar-refractivity contribution in [1.82, 2.24) is 10.2 Å². The number of unbranched alkanes of at least 4 members (excludes halogenated alkanes) is 1. The quantitative estimate of drug-likeness (QED) is 0.0908. The number of aryl methyl sites for hydroxylation is 1. The van der Waals surface area contributed by atoms with E-state index in [1.807, 2.05) is 20.8 Å². The summed E-state index contributed by atoms with van der Waals surface area (Å²) in [6.07, 6.45) is 3.63. The summed E-state index contributed by atoms with van der Waals surface area (Å²) in [6.45, 7) is 13.2. The summed E-state index contributed by atoms with van der Waals surface area (Å²) >= 11 is 0. The molecule has 0 radical (unpaired) electrons. The van der Waals surface area contributed by atoms with Crippen LogP contribution in [0.15, 0.2) is 88.9 Å². The van der Waals surface area contributed by atoms with Crippen LogP contribution in [0.2, 0.25) is 0 Å². The summed E-state index contributed by atoms with van der Waals surface area (Å²) < 4.78 is 59.3. The van der Waals surface area contributed by atoms with Crippen molar-refractivity contribution >= 4 is 30.6 Å². The number of amides is 2. The van der Waals surface area contributed by atoms with Gasteiger partial charge in [-0.2, -0.15) is 18.2 Å². The van der Waals surface area contributed by atoms with E-state index >= 15 is 0 Å². The van der Waals surface area contributed by atoms with Gasteiger partial charge in [0.25, 0.3) is 5.91 Å². The minimum absolute atomic E-state index is 0.120. The zero-order valence-corrected chi connectivity index (χ0v) is 29.4. The molecule has 16 heteroatoms. The van der Waals surface area contributed by atoms with Crippen LogP contribution in [0.1, 0.15) is 63.2 Å². The van der Waals surface area contributed by atoms with Gasteiger partial charge in [-0.05, 0) is 80.6 Å². The maximum Gasteiger partial charge on any atom is 0.519 e. The molecule has 1 aromatic carbocycles. The molecule has 0 saturated carbocycles. The molecule has 0 fully saturated rings.